The van der Waals surface area contributed by atoms with Gasteiger partial charge in [-0.3, -0.25) is 0 Å². The number of hydrogen-bond acceptors (Lipinski definition) is 5. The highest BCUT2D eigenvalue weighted by Gasteiger charge is 2.56. The van der Waals surface area contributed by atoms with Crippen molar-refractivity contribution in [1.82, 2.24) is 0 Å². The molecule has 2 fully saturated rings. The number of fused-ring (bicyclic) bond motifs is 1. The Morgan fingerprint density at radius 1 is 0.969 bits per heavy atom. The van der Waals surface area contributed by atoms with Gasteiger partial charge in [0.1, 0.15) is 18.3 Å². The van der Waals surface area contributed by atoms with Gasteiger partial charge < -0.3 is 24.1 Å². The van der Waals surface area contributed by atoms with Gasteiger partial charge in [-0.05, 0) is 62.6 Å². The van der Waals surface area contributed by atoms with E-state index in [1.807, 2.05) is 13.8 Å². The van der Waals surface area contributed by atoms with Crippen LogP contribution in [0.3, 0.4) is 0 Å². The fourth-order valence-corrected chi connectivity index (χ4v) is 4.75. The van der Waals surface area contributed by atoms with Gasteiger partial charge in [0.25, 0.3) is 0 Å². The molecule has 0 aromatic heterocycles. The first-order chi connectivity index (χ1) is 15.4. The number of ether oxygens (including phenoxy) is 4. The van der Waals surface area contributed by atoms with Crippen LogP contribution in [0.15, 0.2) is 18.2 Å². The molecule has 3 rings (SSSR count). The average molecular weight is 449 g/mol. The average Bonchev–Trinajstić information content (AvgIpc) is 3.25. The summed E-state index contributed by atoms with van der Waals surface area (Å²) in [5, 5.41) is 10.8. The lowest BCUT2D eigenvalue weighted by Crippen LogP contribution is -2.42. The molecule has 2 heterocycles. The SMILES string of the molecule is CCCCc1ccc(CO[C@@H]2[C@H]3OC(C)(C)O[C@H]3O[C@@H]2[C@@H](O)CCCC)cc1CCCC. The fourth-order valence-electron chi connectivity index (χ4n) is 4.75. The van der Waals surface area contributed by atoms with Gasteiger partial charge in [-0.25, -0.2) is 0 Å². The summed E-state index contributed by atoms with van der Waals surface area (Å²) in [5.74, 6) is -0.704. The molecule has 2 aliphatic rings. The molecule has 0 unspecified atom stereocenters. The molecule has 32 heavy (non-hydrogen) atoms. The van der Waals surface area contributed by atoms with E-state index in [2.05, 4.69) is 39.0 Å². The van der Waals surface area contributed by atoms with E-state index in [1.54, 1.807) is 0 Å². The maximum absolute atomic E-state index is 10.8. The first kappa shape index (κ1) is 25.6. The van der Waals surface area contributed by atoms with Crippen LogP contribution in [-0.2, 0) is 38.4 Å². The highest BCUT2D eigenvalue weighted by atomic mass is 16.8. The Balaban J connectivity index is 1.71. The van der Waals surface area contributed by atoms with Gasteiger partial charge in [0.2, 0.25) is 0 Å². The van der Waals surface area contributed by atoms with Crippen molar-refractivity contribution in [3.8, 4) is 0 Å². The summed E-state index contributed by atoms with van der Waals surface area (Å²) in [6, 6.07) is 6.78. The standard InChI is InChI=1S/C27H44O5/c1-6-9-12-20-16-15-19(17-21(20)13-10-7-2)18-29-24-23(22(28)14-11-8-3)30-26-25(24)31-27(4,5)32-26/h15-17,22-26,28H,6-14,18H2,1-5H3/t22-,23+,24-,25+,26+/m0/s1. The molecule has 0 aliphatic carbocycles. The molecule has 5 heteroatoms. The summed E-state index contributed by atoms with van der Waals surface area (Å²) in [6.45, 7) is 10.9. The minimum Gasteiger partial charge on any atom is -0.390 e. The van der Waals surface area contributed by atoms with E-state index in [-0.39, 0.29) is 12.2 Å². The van der Waals surface area contributed by atoms with Gasteiger partial charge in [0.05, 0.1) is 12.7 Å². The first-order valence-corrected chi connectivity index (χ1v) is 12.8. The van der Waals surface area contributed by atoms with Crippen molar-refractivity contribution in [3.63, 3.8) is 0 Å². The number of benzene rings is 1. The number of unbranched alkanes of at least 4 members (excludes halogenated alkanes) is 3. The zero-order chi connectivity index (χ0) is 23.1. The van der Waals surface area contributed by atoms with Gasteiger partial charge in [0, 0.05) is 0 Å². The number of hydrogen-bond donors (Lipinski definition) is 1. The van der Waals surface area contributed by atoms with E-state index in [0.717, 1.165) is 25.7 Å². The minimum absolute atomic E-state index is 0.324. The quantitative estimate of drug-likeness (QED) is 0.420. The first-order valence-electron chi connectivity index (χ1n) is 12.8. The summed E-state index contributed by atoms with van der Waals surface area (Å²) in [5.41, 5.74) is 4.08. The summed E-state index contributed by atoms with van der Waals surface area (Å²) >= 11 is 0. The van der Waals surface area contributed by atoms with Gasteiger partial charge in [0.15, 0.2) is 12.1 Å². The van der Waals surface area contributed by atoms with Crippen molar-refractivity contribution in [2.75, 3.05) is 0 Å². The van der Waals surface area contributed by atoms with E-state index < -0.39 is 24.3 Å². The maximum Gasteiger partial charge on any atom is 0.190 e. The third-order valence-electron chi connectivity index (χ3n) is 6.57. The lowest BCUT2D eigenvalue weighted by atomic mass is 9.96. The van der Waals surface area contributed by atoms with E-state index in [9.17, 15) is 5.11 Å². The van der Waals surface area contributed by atoms with Gasteiger partial charge in [-0.15, -0.1) is 0 Å². The van der Waals surface area contributed by atoms with Crippen LogP contribution in [0, 0.1) is 0 Å². The molecule has 182 valence electrons. The monoisotopic (exact) mass is 448 g/mol. The summed E-state index contributed by atoms with van der Waals surface area (Å²) in [7, 11) is 0. The van der Waals surface area contributed by atoms with E-state index in [4.69, 9.17) is 18.9 Å². The Hall–Kier alpha value is -0.980. The number of rotatable bonds is 13. The van der Waals surface area contributed by atoms with Crippen LogP contribution in [0.1, 0.15) is 96.3 Å². The Bertz CT molecular complexity index is 703. The van der Waals surface area contributed by atoms with Crippen LogP contribution in [0.2, 0.25) is 0 Å². The molecule has 1 aromatic rings. The molecule has 2 saturated heterocycles. The lowest BCUT2D eigenvalue weighted by molar-refractivity contribution is -0.230. The second-order valence-electron chi connectivity index (χ2n) is 9.86. The van der Waals surface area contributed by atoms with E-state index in [1.165, 1.54) is 42.4 Å². The molecule has 0 bridgehead atoms. The van der Waals surface area contributed by atoms with E-state index in [0.29, 0.717) is 13.0 Å². The Morgan fingerprint density at radius 3 is 2.34 bits per heavy atom. The van der Waals surface area contributed by atoms with Crippen LogP contribution in [-0.4, -0.2) is 41.6 Å². The van der Waals surface area contributed by atoms with Crippen LogP contribution in [0.25, 0.3) is 0 Å². The predicted molar refractivity (Wildman–Crippen MR) is 126 cm³/mol. The highest BCUT2D eigenvalue weighted by Crippen LogP contribution is 2.40. The van der Waals surface area contributed by atoms with Crippen molar-refractivity contribution in [1.29, 1.82) is 0 Å². The third kappa shape index (κ3) is 6.54. The molecule has 5 atom stereocenters. The Labute approximate surface area is 194 Å². The smallest absolute Gasteiger partial charge is 0.190 e. The minimum atomic E-state index is -0.704. The Kier molecular flexibility index (Phi) is 9.56. The summed E-state index contributed by atoms with van der Waals surface area (Å²) in [4.78, 5) is 0. The molecular weight excluding hydrogens is 404 g/mol. The molecule has 1 N–H and O–H groups in total. The van der Waals surface area contributed by atoms with Gasteiger partial charge in [-0.2, -0.15) is 0 Å². The van der Waals surface area contributed by atoms with Crippen LogP contribution < -0.4 is 0 Å². The largest absolute Gasteiger partial charge is 0.390 e. The van der Waals surface area contributed by atoms with Gasteiger partial charge in [-0.1, -0.05) is 64.7 Å². The van der Waals surface area contributed by atoms with Crippen molar-refractivity contribution in [2.45, 2.75) is 136 Å². The molecule has 0 amide bonds. The summed E-state index contributed by atoms with van der Waals surface area (Å²) < 4.78 is 24.5. The highest BCUT2D eigenvalue weighted by molar-refractivity contribution is 5.32. The van der Waals surface area contributed by atoms with Crippen LogP contribution in [0.4, 0.5) is 0 Å². The number of aryl methyl sites for hydroxylation is 2. The van der Waals surface area contributed by atoms with Gasteiger partial charge >= 0.3 is 0 Å². The number of aliphatic hydroxyl groups is 1. The molecule has 0 radical (unpaired) electrons. The molecule has 0 saturated carbocycles. The molecular formula is C27H44O5. The van der Waals surface area contributed by atoms with Crippen molar-refractivity contribution < 1.29 is 24.1 Å². The summed E-state index contributed by atoms with van der Waals surface area (Å²) in [6.07, 6.45) is 7.58. The van der Waals surface area contributed by atoms with Crippen molar-refractivity contribution >= 4 is 0 Å². The van der Waals surface area contributed by atoms with Crippen molar-refractivity contribution in [3.05, 3.63) is 34.9 Å². The molecule has 2 aliphatic heterocycles. The third-order valence-corrected chi connectivity index (χ3v) is 6.57. The zero-order valence-corrected chi connectivity index (χ0v) is 20.8. The predicted octanol–water partition coefficient (Wildman–Crippen LogP) is 5.68. The Morgan fingerprint density at radius 2 is 1.66 bits per heavy atom. The second kappa shape index (κ2) is 11.9. The molecule has 5 nitrogen and oxygen atoms in total. The van der Waals surface area contributed by atoms with Crippen molar-refractivity contribution in [2.24, 2.45) is 0 Å². The van der Waals surface area contributed by atoms with E-state index >= 15 is 0 Å². The van der Waals surface area contributed by atoms with Crippen LogP contribution in [0.5, 0.6) is 0 Å². The molecule has 0 spiro atoms. The maximum atomic E-state index is 10.8. The fraction of sp³-hybridized carbons (Fsp3) is 0.778. The van der Waals surface area contributed by atoms with Crippen LogP contribution >= 0.6 is 0 Å². The normalized spacial score (nSPS) is 27.6. The number of aliphatic hydroxyl groups excluding tert-OH is 1. The lowest BCUT2D eigenvalue weighted by Gasteiger charge is -2.28. The topological polar surface area (TPSA) is 57.2 Å². The second-order valence-corrected chi connectivity index (χ2v) is 9.86. The molecule has 1 aromatic carbocycles. The zero-order valence-electron chi connectivity index (χ0n) is 20.8.